The van der Waals surface area contributed by atoms with E-state index in [-0.39, 0.29) is 5.91 Å². The molecule has 0 bridgehead atoms. The van der Waals surface area contributed by atoms with E-state index in [0.717, 1.165) is 0 Å². The van der Waals surface area contributed by atoms with Gasteiger partial charge in [0.1, 0.15) is 0 Å². The van der Waals surface area contributed by atoms with E-state index in [1.165, 1.54) is 6.21 Å². The number of nitrogens with zero attached hydrogens (tertiary/aromatic N) is 1. The van der Waals surface area contributed by atoms with Crippen LogP contribution >= 0.6 is 0 Å². The standard InChI is InChI=1S/C7H15N3O/c1-7(2,3)6(11)10-9-5-4-8/h5H,4,8H2,1-3H3,(H,10,11)/b9-5+. The molecule has 0 saturated carbocycles. The van der Waals surface area contributed by atoms with Crippen LogP contribution in [-0.2, 0) is 4.79 Å². The van der Waals surface area contributed by atoms with E-state index in [2.05, 4.69) is 10.5 Å². The van der Waals surface area contributed by atoms with E-state index in [1.54, 1.807) is 0 Å². The zero-order valence-electron chi connectivity index (χ0n) is 7.22. The summed E-state index contributed by atoms with van der Waals surface area (Å²) in [5.74, 6) is -0.109. The Morgan fingerprint density at radius 3 is 2.55 bits per heavy atom. The van der Waals surface area contributed by atoms with Crippen molar-refractivity contribution in [3.8, 4) is 0 Å². The van der Waals surface area contributed by atoms with Crippen LogP contribution in [0.2, 0.25) is 0 Å². The Morgan fingerprint density at radius 2 is 2.18 bits per heavy atom. The van der Waals surface area contributed by atoms with Gasteiger partial charge in [0.05, 0.1) is 0 Å². The molecule has 0 spiro atoms. The molecule has 0 saturated heterocycles. The number of nitrogens with one attached hydrogen (secondary N) is 1. The lowest BCUT2D eigenvalue weighted by atomic mass is 9.96. The minimum absolute atomic E-state index is 0.109. The van der Waals surface area contributed by atoms with Crippen LogP contribution in [0.4, 0.5) is 0 Å². The van der Waals surface area contributed by atoms with Crippen LogP contribution in [0.3, 0.4) is 0 Å². The van der Waals surface area contributed by atoms with Crippen molar-refractivity contribution >= 4 is 12.1 Å². The van der Waals surface area contributed by atoms with E-state index < -0.39 is 5.41 Å². The highest BCUT2D eigenvalue weighted by molar-refractivity contribution is 5.81. The third-order valence-corrected chi connectivity index (χ3v) is 1.04. The molecule has 64 valence electrons. The molecule has 0 aromatic heterocycles. The van der Waals surface area contributed by atoms with Crippen LogP contribution in [0.1, 0.15) is 20.8 Å². The lowest BCUT2D eigenvalue weighted by Crippen LogP contribution is -2.31. The molecule has 0 aliphatic rings. The molecule has 0 aliphatic heterocycles. The van der Waals surface area contributed by atoms with Crippen LogP contribution in [0.15, 0.2) is 5.10 Å². The first-order valence-corrected chi connectivity index (χ1v) is 3.50. The SMILES string of the molecule is CC(C)(C)C(=O)N/N=C/CN. The Kier molecular flexibility index (Phi) is 3.74. The summed E-state index contributed by atoms with van der Waals surface area (Å²) in [5.41, 5.74) is 7.10. The Morgan fingerprint density at radius 1 is 1.64 bits per heavy atom. The molecule has 0 aromatic carbocycles. The summed E-state index contributed by atoms with van der Waals surface area (Å²) in [7, 11) is 0. The molecule has 11 heavy (non-hydrogen) atoms. The van der Waals surface area contributed by atoms with Crippen LogP contribution in [0, 0.1) is 5.41 Å². The molecule has 0 aromatic rings. The first-order valence-electron chi connectivity index (χ1n) is 3.50. The van der Waals surface area contributed by atoms with Gasteiger partial charge in [0.15, 0.2) is 0 Å². The number of carbonyl (C=O) groups excluding carboxylic acids is 1. The zero-order valence-corrected chi connectivity index (χ0v) is 7.22. The Balaban J connectivity index is 3.80. The summed E-state index contributed by atoms with van der Waals surface area (Å²) in [5, 5.41) is 3.61. The third kappa shape index (κ3) is 4.50. The molecule has 0 heterocycles. The summed E-state index contributed by atoms with van der Waals surface area (Å²) in [6.07, 6.45) is 1.45. The molecule has 3 N–H and O–H groups in total. The van der Waals surface area contributed by atoms with Gasteiger partial charge < -0.3 is 5.73 Å². The van der Waals surface area contributed by atoms with Gasteiger partial charge in [-0.25, -0.2) is 5.43 Å². The first-order chi connectivity index (χ1) is 4.98. The Labute approximate surface area is 66.8 Å². The van der Waals surface area contributed by atoms with Gasteiger partial charge in [-0.3, -0.25) is 4.79 Å². The maximum absolute atomic E-state index is 11.1. The maximum atomic E-state index is 11.1. The number of hydrogen-bond donors (Lipinski definition) is 2. The molecule has 0 aliphatic carbocycles. The van der Waals surface area contributed by atoms with E-state index >= 15 is 0 Å². The second kappa shape index (κ2) is 4.08. The van der Waals surface area contributed by atoms with Crippen molar-refractivity contribution in [2.75, 3.05) is 6.54 Å². The summed E-state index contributed by atoms with van der Waals surface area (Å²) < 4.78 is 0. The van der Waals surface area contributed by atoms with Crippen molar-refractivity contribution in [2.45, 2.75) is 20.8 Å². The first kappa shape index (κ1) is 10.1. The van der Waals surface area contributed by atoms with Crippen LogP contribution in [-0.4, -0.2) is 18.7 Å². The largest absolute Gasteiger partial charge is 0.326 e. The highest BCUT2D eigenvalue weighted by atomic mass is 16.2. The summed E-state index contributed by atoms with van der Waals surface area (Å²) >= 11 is 0. The van der Waals surface area contributed by atoms with Crippen LogP contribution in [0.25, 0.3) is 0 Å². The summed E-state index contributed by atoms with van der Waals surface area (Å²) in [6, 6.07) is 0. The number of carbonyl (C=O) groups is 1. The second-order valence-corrected chi connectivity index (χ2v) is 3.24. The number of amides is 1. The van der Waals surface area contributed by atoms with Crippen molar-refractivity contribution in [1.82, 2.24) is 5.43 Å². The van der Waals surface area contributed by atoms with Gasteiger partial charge in [-0.2, -0.15) is 5.10 Å². The molecule has 0 atom stereocenters. The number of rotatable bonds is 2. The zero-order chi connectivity index (χ0) is 8.91. The van der Waals surface area contributed by atoms with Crippen LogP contribution < -0.4 is 11.2 Å². The van der Waals surface area contributed by atoms with Gasteiger partial charge in [0, 0.05) is 18.2 Å². The Bertz CT molecular complexity index is 158. The van der Waals surface area contributed by atoms with E-state index in [0.29, 0.717) is 6.54 Å². The van der Waals surface area contributed by atoms with Gasteiger partial charge in [-0.1, -0.05) is 20.8 Å². The minimum Gasteiger partial charge on any atom is -0.326 e. The normalized spacial score (nSPS) is 12.0. The predicted octanol–water partition coefficient (Wildman–Crippen LogP) is 0.0932. The smallest absolute Gasteiger partial charge is 0.245 e. The lowest BCUT2D eigenvalue weighted by Gasteiger charge is -2.14. The molecular formula is C7H15N3O. The average Bonchev–Trinajstić information content (AvgIpc) is 1.86. The number of nitrogens with two attached hydrogens (primary N) is 1. The molecule has 0 fully saturated rings. The fourth-order valence-corrected chi connectivity index (χ4v) is 0.325. The fraction of sp³-hybridized carbons (Fsp3) is 0.714. The van der Waals surface area contributed by atoms with Gasteiger partial charge in [0.2, 0.25) is 5.91 Å². The quantitative estimate of drug-likeness (QED) is 0.440. The molecule has 4 nitrogen and oxygen atoms in total. The van der Waals surface area contributed by atoms with Crippen molar-refractivity contribution in [1.29, 1.82) is 0 Å². The lowest BCUT2D eigenvalue weighted by molar-refractivity contribution is -0.128. The summed E-state index contributed by atoms with van der Waals surface area (Å²) in [4.78, 5) is 11.1. The molecule has 0 radical (unpaired) electrons. The van der Waals surface area contributed by atoms with Crippen molar-refractivity contribution in [3.05, 3.63) is 0 Å². The molecule has 4 heteroatoms. The monoisotopic (exact) mass is 157 g/mol. The third-order valence-electron chi connectivity index (χ3n) is 1.04. The molecule has 1 amide bonds. The van der Waals surface area contributed by atoms with Crippen LogP contribution in [0.5, 0.6) is 0 Å². The fourth-order valence-electron chi connectivity index (χ4n) is 0.325. The van der Waals surface area contributed by atoms with Crippen molar-refractivity contribution < 1.29 is 4.79 Å². The second-order valence-electron chi connectivity index (χ2n) is 3.24. The van der Waals surface area contributed by atoms with Gasteiger partial charge in [0.25, 0.3) is 0 Å². The Hall–Kier alpha value is -0.900. The predicted molar refractivity (Wildman–Crippen MR) is 45.1 cm³/mol. The number of hydrogen-bond acceptors (Lipinski definition) is 3. The summed E-state index contributed by atoms with van der Waals surface area (Å²) in [6.45, 7) is 5.80. The number of hydrazone groups is 1. The molecular weight excluding hydrogens is 142 g/mol. The average molecular weight is 157 g/mol. The van der Waals surface area contributed by atoms with Gasteiger partial charge in [-0.05, 0) is 0 Å². The topological polar surface area (TPSA) is 67.5 Å². The highest BCUT2D eigenvalue weighted by Gasteiger charge is 2.20. The van der Waals surface area contributed by atoms with E-state index in [9.17, 15) is 4.79 Å². The van der Waals surface area contributed by atoms with E-state index in [1.807, 2.05) is 20.8 Å². The maximum Gasteiger partial charge on any atom is 0.245 e. The van der Waals surface area contributed by atoms with Gasteiger partial charge >= 0.3 is 0 Å². The highest BCUT2D eigenvalue weighted by Crippen LogP contribution is 2.11. The molecule has 0 rings (SSSR count). The van der Waals surface area contributed by atoms with Crippen molar-refractivity contribution in [2.24, 2.45) is 16.3 Å². The van der Waals surface area contributed by atoms with Crippen molar-refractivity contribution in [3.63, 3.8) is 0 Å². The van der Waals surface area contributed by atoms with Gasteiger partial charge in [-0.15, -0.1) is 0 Å². The van der Waals surface area contributed by atoms with E-state index in [4.69, 9.17) is 5.73 Å². The molecule has 0 unspecified atom stereocenters. The minimum atomic E-state index is -0.397.